The van der Waals surface area contributed by atoms with Crippen molar-refractivity contribution in [2.45, 2.75) is 122 Å². The summed E-state index contributed by atoms with van der Waals surface area (Å²) in [5.41, 5.74) is -1.20. The molecule has 298 valence electrons. The number of nitrogens with one attached hydrogen (secondary N) is 4. The van der Waals surface area contributed by atoms with Crippen LogP contribution >= 0.6 is 23.1 Å². The molecule has 1 aliphatic heterocycles. The zero-order valence-electron chi connectivity index (χ0n) is 32.5. The number of hydrogen-bond donors (Lipinski definition) is 5. The van der Waals surface area contributed by atoms with Crippen LogP contribution < -0.4 is 21.3 Å². The van der Waals surface area contributed by atoms with Gasteiger partial charge in [-0.25, -0.2) is 4.98 Å². The van der Waals surface area contributed by atoms with E-state index in [9.17, 15) is 29.1 Å². The molecule has 2 aliphatic rings. The van der Waals surface area contributed by atoms with Crippen molar-refractivity contribution in [1.29, 1.82) is 0 Å². The van der Waals surface area contributed by atoms with E-state index in [0.29, 0.717) is 23.6 Å². The SMILES string of the molecule is C#CCCCCSC(NC(=O)[C@@H]1C[C@@H](C(C)(C)C=C)CN1C(=O)[C@@H](NC(O)N[C@H](C(=O)c1nccs1)C1CCCCC1)C(C)(C)C)C(=O)C(=O)NCC=C. The normalized spacial score (nSPS) is 20.2. The predicted octanol–water partition coefficient (Wildman–Crippen LogP) is 4.42. The molecule has 14 heteroatoms. The Bertz CT molecular complexity index is 1500. The zero-order valence-corrected chi connectivity index (χ0v) is 34.2. The van der Waals surface area contributed by atoms with Crippen molar-refractivity contribution in [3.8, 4) is 12.3 Å². The van der Waals surface area contributed by atoms with Gasteiger partial charge in [0.1, 0.15) is 11.4 Å². The summed E-state index contributed by atoms with van der Waals surface area (Å²) in [5, 5.41) is 23.9. The van der Waals surface area contributed by atoms with Crippen molar-refractivity contribution in [2.24, 2.45) is 22.7 Å². The molecule has 1 saturated carbocycles. The minimum atomic E-state index is -1.44. The third kappa shape index (κ3) is 12.6. The van der Waals surface area contributed by atoms with Gasteiger partial charge < -0.3 is 20.6 Å². The van der Waals surface area contributed by atoms with E-state index in [4.69, 9.17) is 6.42 Å². The lowest BCUT2D eigenvalue weighted by atomic mass is 9.77. The van der Waals surface area contributed by atoms with Crippen LogP contribution in [0.1, 0.15) is 102 Å². The number of rotatable bonds is 21. The fourth-order valence-electron chi connectivity index (χ4n) is 6.95. The first-order valence-corrected chi connectivity index (χ1v) is 20.8. The second-order valence-electron chi connectivity index (χ2n) is 15.9. The number of nitrogens with zero attached hydrogens (tertiary/aromatic N) is 2. The number of carbonyl (C=O) groups excluding carboxylic acids is 5. The summed E-state index contributed by atoms with van der Waals surface area (Å²) in [6, 6.07) is -2.68. The standard InChI is InChI=1S/C40H60N6O6S2/c1-9-12-13-17-22-53-36(31(48)34(50)41-20-10-2)45-33(49)28-24-27(40(7,8)11-3)25-46(28)37(51)32(39(4,5)6)44-38(52)43-29(26-18-15-14-16-19-26)30(47)35-42-21-23-54-35/h1,10-11,21,23,26-29,32,36,38,43-44,52H,2-3,12-20,22,24-25H2,4-8H3,(H,41,50)(H,45,49)/t27-,28+,29+,32-,36?,38?/m1/s1. The molecule has 1 saturated heterocycles. The van der Waals surface area contributed by atoms with Gasteiger partial charge in [-0.05, 0) is 60.5 Å². The summed E-state index contributed by atoms with van der Waals surface area (Å²) in [5.74, 6) is 0.0600. The molecule has 1 aliphatic carbocycles. The third-order valence-electron chi connectivity index (χ3n) is 10.4. The van der Waals surface area contributed by atoms with E-state index < -0.39 is 64.2 Å². The summed E-state index contributed by atoms with van der Waals surface area (Å²) in [7, 11) is 0. The number of thioether (sulfide) groups is 1. The highest BCUT2D eigenvalue weighted by Crippen LogP contribution is 2.39. The van der Waals surface area contributed by atoms with E-state index in [2.05, 4.69) is 45.3 Å². The highest BCUT2D eigenvalue weighted by atomic mass is 32.2. The molecule has 0 spiro atoms. The molecule has 1 aromatic rings. The Balaban J connectivity index is 1.89. The number of likely N-dealkylation sites (tertiary alicyclic amines) is 1. The molecule has 3 rings (SSSR count). The third-order valence-corrected chi connectivity index (χ3v) is 12.4. The number of aliphatic hydroxyl groups is 1. The van der Waals surface area contributed by atoms with Crippen LogP contribution in [0.25, 0.3) is 0 Å². The molecule has 2 heterocycles. The van der Waals surface area contributed by atoms with Crippen LogP contribution in [0.2, 0.25) is 0 Å². The van der Waals surface area contributed by atoms with Crippen molar-refractivity contribution in [3.63, 3.8) is 0 Å². The van der Waals surface area contributed by atoms with Crippen molar-refractivity contribution < 1.29 is 29.1 Å². The van der Waals surface area contributed by atoms with Gasteiger partial charge in [-0.1, -0.05) is 66.0 Å². The van der Waals surface area contributed by atoms with Gasteiger partial charge in [-0.2, -0.15) is 0 Å². The van der Waals surface area contributed by atoms with Gasteiger partial charge in [0.25, 0.3) is 11.7 Å². The Kier molecular flexibility index (Phi) is 17.6. The molecule has 6 atom stereocenters. The average molecular weight is 785 g/mol. The molecule has 0 bridgehead atoms. The molecule has 5 N–H and O–H groups in total. The first kappa shape index (κ1) is 45.0. The summed E-state index contributed by atoms with van der Waals surface area (Å²) in [4.78, 5) is 74.3. The summed E-state index contributed by atoms with van der Waals surface area (Å²) in [6.07, 6.45) is 15.8. The van der Waals surface area contributed by atoms with Crippen LogP contribution in [0.3, 0.4) is 0 Å². The Hall–Kier alpha value is -3.35. The Morgan fingerprint density at radius 1 is 1.11 bits per heavy atom. The number of carbonyl (C=O) groups is 5. The number of thiazole rings is 1. The van der Waals surface area contributed by atoms with Crippen molar-refractivity contribution in [2.75, 3.05) is 18.8 Å². The lowest BCUT2D eigenvalue weighted by Crippen LogP contribution is -2.63. The fourth-order valence-corrected chi connectivity index (χ4v) is 8.63. The molecular formula is C40H60N6O6S2. The van der Waals surface area contributed by atoms with Crippen molar-refractivity contribution in [1.82, 2.24) is 31.2 Å². The number of hydrogen-bond acceptors (Lipinski definition) is 11. The number of aliphatic hydroxyl groups excluding tert-OH is 1. The van der Waals surface area contributed by atoms with Crippen LogP contribution in [0, 0.1) is 35.0 Å². The second kappa shape index (κ2) is 21.1. The van der Waals surface area contributed by atoms with Crippen molar-refractivity contribution >= 4 is 52.4 Å². The first-order valence-electron chi connectivity index (χ1n) is 18.9. The maximum absolute atomic E-state index is 14.7. The molecule has 54 heavy (non-hydrogen) atoms. The predicted molar refractivity (Wildman–Crippen MR) is 215 cm³/mol. The topological polar surface area (TPSA) is 170 Å². The van der Waals surface area contributed by atoms with Gasteiger partial charge in [0.15, 0.2) is 11.4 Å². The summed E-state index contributed by atoms with van der Waals surface area (Å²) in [6.45, 7) is 17.4. The van der Waals surface area contributed by atoms with Gasteiger partial charge >= 0.3 is 0 Å². The fraction of sp³-hybridized carbons (Fsp3) is 0.650. The molecule has 2 unspecified atom stereocenters. The molecule has 12 nitrogen and oxygen atoms in total. The number of allylic oxidation sites excluding steroid dienone is 1. The average Bonchev–Trinajstić information content (AvgIpc) is 3.86. The number of ketones is 2. The monoisotopic (exact) mass is 784 g/mol. The highest BCUT2D eigenvalue weighted by molar-refractivity contribution is 8.00. The van der Waals surface area contributed by atoms with Crippen LogP contribution in [-0.2, 0) is 19.2 Å². The van der Waals surface area contributed by atoms with Crippen molar-refractivity contribution in [3.05, 3.63) is 41.9 Å². The number of Topliss-reactive ketones (excluding diaryl/α,β-unsaturated/α-hetero) is 2. The molecule has 0 aromatic carbocycles. The van der Waals surface area contributed by atoms with Crippen LogP contribution in [0.15, 0.2) is 36.9 Å². The Morgan fingerprint density at radius 2 is 1.81 bits per heavy atom. The van der Waals surface area contributed by atoms with E-state index in [0.717, 1.165) is 50.3 Å². The minimum absolute atomic E-state index is 0.00588. The maximum Gasteiger partial charge on any atom is 0.290 e. The van der Waals surface area contributed by atoms with E-state index >= 15 is 0 Å². The first-order chi connectivity index (χ1) is 25.5. The quantitative estimate of drug-likeness (QED) is 0.0301. The largest absolute Gasteiger partial charge is 0.365 e. The highest BCUT2D eigenvalue weighted by Gasteiger charge is 2.48. The summed E-state index contributed by atoms with van der Waals surface area (Å²) >= 11 is 2.40. The van der Waals surface area contributed by atoms with Gasteiger partial charge in [0.2, 0.25) is 17.6 Å². The van der Waals surface area contributed by atoms with E-state index in [-0.39, 0.29) is 37.1 Å². The van der Waals surface area contributed by atoms with Gasteiger partial charge in [0.05, 0.1) is 12.1 Å². The second-order valence-corrected chi connectivity index (χ2v) is 18.0. The number of aromatic nitrogens is 1. The summed E-state index contributed by atoms with van der Waals surface area (Å²) < 4.78 is 0. The zero-order chi connectivity index (χ0) is 40.1. The molecular weight excluding hydrogens is 725 g/mol. The van der Waals surface area contributed by atoms with E-state index in [1.165, 1.54) is 22.3 Å². The van der Waals surface area contributed by atoms with Gasteiger partial charge in [-0.3, -0.25) is 34.6 Å². The maximum atomic E-state index is 14.7. The lowest BCUT2D eigenvalue weighted by molar-refractivity contribution is -0.144. The minimum Gasteiger partial charge on any atom is -0.365 e. The molecule has 2 fully saturated rings. The molecule has 0 radical (unpaired) electrons. The number of unbranched alkanes of at least 4 members (excludes halogenated alkanes) is 2. The van der Waals surface area contributed by atoms with Crippen LogP contribution in [-0.4, -0.2) is 93.0 Å². The van der Waals surface area contributed by atoms with E-state index in [1.54, 1.807) is 17.7 Å². The number of amides is 3. The Labute approximate surface area is 329 Å². The molecule has 3 amide bonds. The van der Waals surface area contributed by atoms with Gasteiger partial charge in [0, 0.05) is 31.1 Å². The van der Waals surface area contributed by atoms with Crippen LogP contribution in [0.5, 0.6) is 0 Å². The smallest absolute Gasteiger partial charge is 0.290 e. The Morgan fingerprint density at radius 3 is 2.41 bits per heavy atom. The number of terminal acetylenes is 1. The van der Waals surface area contributed by atoms with Crippen LogP contribution in [0.4, 0.5) is 0 Å². The molecule has 1 aromatic heterocycles. The van der Waals surface area contributed by atoms with Gasteiger partial charge in [-0.15, -0.1) is 48.6 Å². The lowest BCUT2D eigenvalue weighted by Gasteiger charge is -2.38. The van der Waals surface area contributed by atoms with E-state index in [1.807, 2.05) is 34.6 Å².